The van der Waals surface area contributed by atoms with Crippen molar-refractivity contribution < 1.29 is 28.4 Å². The van der Waals surface area contributed by atoms with Crippen LogP contribution in [0.1, 0.15) is 11.1 Å². The summed E-state index contributed by atoms with van der Waals surface area (Å²) in [4.78, 5) is 22.7. The summed E-state index contributed by atoms with van der Waals surface area (Å²) in [5, 5.41) is 0. The minimum Gasteiger partial charge on any atom is -0.493 e. The molecular formula is C32H38N6O6. The van der Waals surface area contributed by atoms with Crippen LogP contribution in [-0.4, -0.2) is 98.6 Å². The van der Waals surface area contributed by atoms with Gasteiger partial charge >= 0.3 is 0 Å². The topological polar surface area (TPSA) is 113 Å². The van der Waals surface area contributed by atoms with Gasteiger partial charge in [-0.3, -0.25) is 9.80 Å². The highest BCUT2D eigenvalue weighted by Crippen LogP contribution is 2.42. The van der Waals surface area contributed by atoms with Crippen molar-refractivity contribution in [3.8, 4) is 57.0 Å². The van der Waals surface area contributed by atoms with Crippen LogP contribution in [0.5, 0.6) is 34.5 Å². The number of hydrogen-bond donors (Lipinski definition) is 0. The van der Waals surface area contributed by atoms with Crippen LogP contribution < -0.4 is 28.4 Å². The Labute approximate surface area is 257 Å². The Kier molecular flexibility index (Phi) is 9.93. The molecule has 0 saturated carbocycles. The SMILES string of the molecule is COc1cc(-c2ncncc2CN2CCN(Cc3cncnc3-c3cc(OC)c(OC)c(OC)c3)CC2)cc(OC)c1OC. The van der Waals surface area contributed by atoms with E-state index in [1.807, 2.05) is 36.7 Å². The Morgan fingerprint density at radius 2 is 0.864 bits per heavy atom. The molecule has 4 aromatic rings. The smallest absolute Gasteiger partial charge is 0.203 e. The Bertz CT molecular complexity index is 1410. The quantitative estimate of drug-likeness (QED) is 0.234. The molecule has 0 radical (unpaired) electrons. The molecule has 3 heterocycles. The largest absolute Gasteiger partial charge is 0.493 e. The van der Waals surface area contributed by atoms with Crippen LogP contribution in [0.15, 0.2) is 49.3 Å². The molecule has 0 aliphatic carbocycles. The van der Waals surface area contributed by atoms with Crippen molar-refractivity contribution in [2.75, 3.05) is 68.8 Å². The highest BCUT2D eigenvalue weighted by Gasteiger charge is 2.23. The van der Waals surface area contributed by atoms with Gasteiger partial charge < -0.3 is 28.4 Å². The first kappa shape index (κ1) is 30.8. The summed E-state index contributed by atoms with van der Waals surface area (Å²) in [6, 6.07) is 7.66. The lowest BCUT2D eigenvalue weighted by Gasteiger charge is -2.35. The molecule has 12 nitrogen and oxygen atoms in total. The molecule has 5 rings (SSSR count). The summed E-state index contributed by atoms with van der Waals surface area (Å²) < 4.78 is 33.3. The maximum Gasteiger partial charge on any atom is 0.203 e. The third kappa shape index (κ3) is 6.46. The summed E-state index contributed by atoms with van der Waals surface area (Å²) in [6.45, 7) is 4.97. The van der Waals surface area contributed by atoms with Crippen molar-refractivity contribution in [3.63, 3.8) is 0 Å². The van der Waals surface area contributed by atoms with Crippen molar-refractivity contribution >= 4 is 0 Å². The molecule has 0 bridgehead atoms. The fourth-order valence-electron chi connectivity index (χ4n) is 5.49. The molecule has 1 aliphatic heterocycles. The van der Waals surface area contributed by atoms with Crippen LogP contribution in [0.25, 0.3) is 22.5 Å². The maximum absolute atomic E-state index is 5.57. The van der Waals surface area contributed by atoms with Crippen LogP contribution in [0, 0.1) is 0 Å². The zero-order valence-electron chi connectivity index (χ0n) is 26.0. The molecule has 0 spiro atoms. The number of ether oxygens (including phenoxy) is 6. The molecule has 1 fully saturated rings. The van der Waals surface area contributed by atoms with Crippen LogP contribution in [0.4, 0.5) is 0 Å². The molecule has 1 saturated heterocycles. The molecule has 1 aliphatic rings. The van der Waals surface area contributed by atoms with Crippen molar-refractivity contribution in [1.82, 2.24) is 29.7 Å². The number of piperazine rings is 1. The number of hydrogen-bond acceptors (Lipinski definition) is 12. The van der Waals surface area contributed by atoms with E-state index in [9.17, 15) is 0 Å². The number of rotatable bonds is 12. The minimum absolute atomic E-state index is 0.544. The summed E-state index contributed by atoms with van der Waals surface area (Å²) in [5.41, 5.74) is 5.46. The standard InChI is InChI=1S/C32H38N6O6/c1-39-25-11-21(12-26(40-2)31(25)43-5)29-23(15-33-19-35-29)17-37-7-9-38(10-8-37)18-24-16-34-20-36-30(24)22-13-27(41-3)32(44-6)28(14-22)42-4/h11-16,19-20H,7-10,17-18H2,1-6H3. The lowest BCUT2D eigenvalue weighted by molar-refractivity contribution is 0.122. The summed E-state index contributed by atoms with van der Waals surface area (Å²) in [6.07, 6.45) is 6.88. The zero-order chi connectivity index (χ0) is 31.1. The molecule has 2 aromatic carbocycles. The number of methoxy groups -OCH3 is 6. The molecule has 0 atom stereocenters. The zero-order valence-corrected chi connectivity index (χ0v) is 26.0. The second kappa shape index (κ2) is 14.2. The van der Waals surface area contributed by atoms with Gasteiger partial charge in [-0.05, 0) is 24.3 Å². The Morgan fingerprint density at radius 3 is 1.16 bits per heavy atom. The lowest BCUT2D eigenvalue weighted by atomic mass is 10.0. The highest BCUT2D eigenvalue weighted by molar-refractivity contribution is 5.71. The summed E-state index contributed by atoms with van der Waals surface area (Å²) in [5.74, 6) is 3.41. The van der Waals surface area contributed by atoms with Gasteiger partial charge in [-0.2, -0.15) is 0 Å². The molecule has 232 valence electrons. The highest BCUT2D eigenvalue weighted by atomic mass is 16.5. The van der Waals surface area contributed by atoms with Gasteiger partial charge in [-0.15, -0.1) is 0 Å². The van der Waals surface area contributed by atoms with Crippen molar-refractivity contribution in [3.05, 3.63) is 60.4 Å². The first-order valence-electron chi connectivity index (χ1n) is 14.2. The van der Waals surface area contributed by atoms with Gasteiger partial charge in [-0.1, -0.05) is 0 Å². The minimum atomic E-state index is 0.544. The molecule has 12 heteroatoms. The van der Waals surface area contributed by atoms with Gasteiger partial charge in [0.2, 0.25) is 11.5 Å². The first-order chi connectivity index (χ1) is 21.5. The van der Waals surface area contributed by atoms with E-state index < -0.39 is 0 Å². The third-order valence-electron chi connectivity index (χ3n) is 7.71. The van der Waals surface area contributed by atoms with E-state index in [0.29, 0.717) is 47.6 Å². The van der Waals surface area contributed by atoms with Crippen molar-refractivity contribution in [2.24, 2.45) is 0 Å². The van der Waals surface area contributed by atoms with Gasteiger partial charge in [0.15, 0.2) is 23.0 Å². The van der Waals surface area contributed by atoms with Gasteiger partial charge in [0.25, 0.3) is 0 Å². The van der Waals surface area contributed by atoms with Crippen LogP contribution in [-0.2, 0) is 13.1 Å². The fraction of sp³-hybridized carbons (Fsp3) is 0.375. The molecule has 0 N–H and O–H groups in total. The van der Waals surface area contributed by atoms with E-state index >= 15 is 0 Å². The third-order valence-corrected chi connectivity index (χ3v) is 7.71. The normalized spacial score (nSPS) is 13.8. The van der Waals surface area contributed by atoms with E-state index in [0.717, 1.165) is 59.8 Å². The predicted molar refractivity (Wildman–Crippen MR) is 165 cm³/mol. The van der Waals surface area contributed by atoms with Crippen molar-refractivity contribution in [2.45, 2.75) is 13.1 Å². The Balaban J connectivity index is 1.30. The number of benzene rings is 2. The lowest BCUT2D eigenvalue weighted by Crippen LogP contribution is -2.45. The average Bonchev–Trinajstić information content (AvgIpc) is 3.08. The van der Waals surface area contributed by atoms with Crippen LogP contribution in [0.2, 0.25) is 0 Å². The second-order valence-electron chi connectivity index (χ2n) is 10.2. The van der Waals surface area contributed by atoms with E-state index in [-0.39, 0.29) is 0 Å². The van der Waals surface area contributed by atoms with E-state index in [4.69, 9.17) is 28.4 Å². The summed E-state index contributed by atoms with van der Waals surface area (Å²) in [7, 11) is 9.62. The Hall–Kier alpha value is -4.68. The molecule has 2 aromatic heterocycles. The summed E-state index contributed by atoms with van der Waals surface area (Å²) >= 11 is 0. The Morgan fingerprint density at radius 1 is 0.523 bits per heavy atom. The number of aromatic nitrogens is 4. The fourth-order valence-corrected chi connectivity index (χ4v) is 5.49. The monoisotopic (exact) mass is 602 g/mol. The average molecular weight is 603 g/mol. The van der Waals surface area contributed by atoms with Gasteiger partial charge in [0, 0.05) is 73.9 Å². The van der Waals surface area contributed by atoms with Gasteiger partial charge in [-0.25, -0.2) is 19.9 Å². The first-order valence-corrected chi connectivity index (χ1v) is 14.2. The maximum atomic E-state index is 5.57. The van der Waals surface area contributed by atoms with E-state index in [1.165, 1.54) is 0 Å². The van der Waals surface area contributed by atoms with Crippen LogP contribution >= 0.6 is 0 Å². The van der Waals surface area contributed by atoms with Gasteiger partial charge in [0.05, 0.1) is 54.0 Å². The predicted octanol–water partition coefficient (Wildman–Crippen LogP) is 3.97. The number of nitrogens with zero attached hydrogens (tertiary/aromatic N) is 6. The molecule has 44 heavy (non-hydrogen) atoms. The molecular weight excluding hydrogens is 564 g/mol. The van der Waals surface area contributed by atoms with Crippen LogP contribution in [0.3, 0.4) is 0 Å². The molecule has 0 amide bonds. The van der Waals surface area contributed by atoms with E-state index in [1.54, 1.807) is 55.3 Å². The van der Waals surface area contributed by atoms with E-state index in [2.05, 4.69) is 29.7 Å². The van der Waals surface area contributed by atoms with Crippen molar-refractivity contribution in [1.29, 1.82) is 0 Å². The second-order valence-corrected chi connectivity index (χ2v) is 10.2. The molecule has 0 unspecified atom stereocenters. The van der Waals surface area contributed by atoms with Gasteiger partial charge in [0.1, 0.15) is 12.7 Å².